The topological polar surface area (TPSA) is 65.4 Å². The highest BCUT2D eigenvalue weighted by Crippen LogP contribution is 2.35. The van der Waals surface area contributed by atoms with Crippen LogP contribution in [0.3, 0.4) is 0 Å². The zero-order valence-electron chi connectivity index (χ0n) is 14.2. The number of amides is 1. The number of aromatic nitrogens is 2. The van der Waals surface area contributed by atoms with Crippen LogP contribution >= 0.6 is 11.8 Å². The van der Waals surface area contributed by atoms with Crippen molar-refractivity contribution in [3.05, 3.63) is 42.5 Å². The maximum absolute atomic E-state index is 13.5. The molecule has 9 heteroatoms. The zero-order valence-corrected chi connectivity index (χ0v) is 15.0. The van der Waals surface area contributed by atoms with Crippen LogP contribution in [0.1, 0.15) is 13.5 Å². The summed E-state index contributed by atoms with van der Waals surface area (Å²) in [5.41, 5.74) is 1.33. The van der Waals surface area contributed by atoms with Crippen molar-refractivity contribution < 1.29 is 23.0 Å². The SMILES string of the molecule is CC(Sc1nc2ccccc2n1C(F)F)C(=O)Nc1ccc2c(c1)OCO2. The molecule has 1 aromatic heterocycles. The first-order valence-electron chi connectivity index (χ1n) is 8.15. The first-order valence-corrected chi connectivity index (χ1v) is 9.03. The van der Waals surface area contributed by atoms with Gasteiger partial charge in [-0.25, -0.2) is 4.98 Å². The molecule has 27 heavy (non-hydrogen) atoms. The summed E-state index contributed by atoms with van der Waals surface area (Å²) < 4.78 is 38.3. The number of ether oxygens (including phenoxy) is 2. The summed E-state index contributed by atoms with van der Waals surface area (Å²) in [4.78, 5) is 16.7. The van der Waals surface area contributed by atoms with E-state index in [1.807, 2.05) is 0 Å². The minimum atomic E-state index is -2.75. The lowest BCUT2D eigenvalue weighted by molar-refractivity contribution is -0.115. The number of benzene rings is 2. The van der Waals surface area contributed by atoms with Gasteiger partial charge in [0.25, 0.3) is 0 Å². The molecule has 1 amide bonds. The van der Waals surface area contributed by atoms with E-state index in [0.717, 1.165) is 16.3 Å². The molecule has 140 valence electrons. The fraction of sp³-hybridized carbons (Fsp3) is 0.222. The van der Waals surface area contributed by atoms with Crippen LogP contribution in [0.15, 0.2) is 47.6 Å². The van der Waals surface area contributed by atoms with Gasteiger partial charge in [0.05, 0.1) is 16.3 Å². The third kappa shape index (κ3) is 3.42. The van der Waals surface area contributed by atoms with E-state index in [1.165, 1.54) is 0 Å². The Morgan fingerprint density at radius 3 is 2.81 bits per heavy atom. The summed E-state index contributed by atoms with van der Waals surface area (Å²) in [6, 6.07) is 11.7. The van der Waals surface area contributed by atoms with Gasteiger partial charge in [-0.05, 0) is 31.2 Å². The molecule has 1 aliphatic rings. The number of nitrogens with one attached hydrogen (secondary N) is 1. The molecule has 1 aliphatic heterocycles. The first kappa shape index (κ1) is 17.6. The monoisotopic (exact) mass is 391 g/mol. The van der Waals surface area contributed by atoms with Crippen LogP contribution in [-0.4, -0.2) is 27.5 Å². The van der Waals surface area contributed by atoms with E-state index < -0.39 is 11.8 Å². The van der Waals surface area contributed by atoms with E-state index in [4.69, 9.17) is 9.47 Å². The number of hydrogen-bond acceptors (Lipinski definition) is 5. The van der Waals surface area contributed by atoms with Gasteiger partial charge in [0.15, 0.2) is 16.7 Å². The van der Waals surface area contributed by atoms with Crippen molar-refractivity contribution in [2.75, 3.05) is 12.1 Å². The molecule has 0 saturated heterocycles. The molecule has 2 aromatic carbocycles. The second-order valence-corrected chi connectivity index (χ2v) is 7.16. The molecule has 3 aromatic rings. The maximum atomic E-state index is 13.5. The van der Waals surface area contributed by atoms with Crippen molar-refractivity contribution in [2.24, 2.45) is 0 Å². The third-order valence-corrected chi connectivity index (χ3v) is 5.12. The van der Waals surface area contributed by atoms with Crippen LogP contribution in [0, 0.1) is 0 Å². The average Bonchev–Trinajstić information content (AvgIpc) is 3.24. The highest BCUT2D eigenvalue weighted by atomic mass is 32.2. The number of carbonyl (C=O) groups excluding carboxylic acids is 1. The highest BCUT2D eigenvalue weighted by molar-refractivity contribution is 8.00. The standard InChI is InChI=1S/C18H15F2N3O3S/c1-10(16(24)21-11-6-7-14-15(8-11)26-9-25-14)27-18-22-12-4-2-3-5-13(12)23(18)17(19)20/h2-8,10,17H,9H2,1H3,(H,21,24). The Morgan fingerprint density at radius 1 is 1.22 bits per heavy atom. The molecular weight excluding hydrogens is 376 g/mol. The number of thioether (sulfide) groups is 1. The van der Waals surface area contributed by atoms with E-state index in [9.17, 15) is 13.6 Å². The van der Waals surface area contributed by atoms with Gasteiger partial charge in [-0.15, -0.1) is 0 Å². The van der Waals surface area contributed by atoms with E-state index in [-0.39, 0.29) is 17.9 Å². The second kappa shape index (κ2) is 7.07. The lowest BCUT2D eigenvalue weighted by Crippen LogP contribution is -2.23. The van der Waals surface area contributed by atoms with Crippen LogP contribution in [0.4, 0.5) is 14.5 Å². The number of nitrogens with zero attached hydrogens (tertiary/aromatic N) is 2. The Morgan fingerprint density at radius 2 is 2.00 bits per heavy atom. The molecule has 0 saturated carbocycles. The molecule has 4 rings (SSSR count). The number of para-hydroxylation sites is 2. The number of fused-ring (bicyclic) bond motifs is 2. The molecule has 6 nitrogen and oxygen atoms in total. The molecule has 0 spiro atoms. The summed E-state index contributed by atoms with van der Waals surface area (Å²) in [7, 11) is 0. The summed E-state index contributed by atoms with van der Waals surface area (Å²) in [5.74, 6) is 0.834. The second-order valence-electron chi connectivity index (χ2n) is 5.85. The largest absolute Gasteiger partial charge is 0.454 e. The summed E-state index contributed by atoms with van der Waals surface area (Å²) >= 11 is 0.981. The van der Waals surface area contributed by atoms with E-state index in [2.05, 4.69) is 10.3 Å². The molecule has 1 atom stereocenters. The van der Waals surface area contributed by atoms with Gasteiger partial charge in [-0.2, -0.15) is 8.78 Å². The number of imidazole rings is 1. The zero-order chi connectivity index (χ0) is 19.0. The fourth-order valence-electron chi connectivity index (χ4n) is 2.72. The van der Waals surface area contributed by atoms with Crippen LogP contribution in [0.2, 0.25) is 0 Å². The van der Waals surface area contributed by atoms with E-state index in [0.29, 0.717) is 28.2 Å². The summed E-state index contributed by atoms with van der Waals surface area (Å²) in [5, 5.41) is 2.22. The maximum Gasteiger partial charge on any atom is 0.321 e. The van der Waals surface area contributed by atoms with Crippen molar-refractivity contribution >= 4 is 34.4 Å². The summed E-state index contributed by atoms with van der Waals surface area (Å²) in [6.45, 7) is -0.964. The van der Waals surface area contributed by atoms with Gasteiger partial charge in [0, 0.05) is 11.8 Å². The average molecular weight is 391 g/mol. The molecule has 0 bridgehead atoms. The summed E-state index contributed by atoms with van der Waals surface area (Å²) in [6.07, 6.45) is 0. The number of halogens is 2. The fourth-order valence-corrected chi connectivity index (χ4v) is 3.65. The number of hydrogen-bond donors (Lipinski definition) is 1. The number of carbonyl (C=O) groups is 1. The van der Waals surface area contributed by atoms with Gasteiger partial charge in [0.1, 0.15) is 0 Å². The van der Waals surface area contributed by atoms with Crippen molar-refractivity contribution in [3.8, 4) is 11.5 Å². The quantitative estimate of drug-likeness (QED) is 0.658. The lowest BCUT2D eigenvalue weighted by Gasteiger charge is -2.13. The molecule has 2 heterocycles. The van der Waals surface area contributed by atoms with Crippen molar-refractivity contribution in [3.63, 3.8) is 0 Å². The van der Waals surface area contributed by atoms with Crippen LogP contribution in [0.5, 0.6) is 11.5 Å². The molecule has 1 unspecified atom stereocenters. The highest BCUT2D eigenvalue weighted by Gasteiger charge is 2.23. The van der Waals surface area contributed by atoms with Gasteiger partial charge in [-0.3, -0.25) is 9.36 Å². The minimum Gasteiger partial charge on any atom is -0.454 e. The van der Waals surface area contributed by atoms with Crippen molar-refractivity contribution in [1.82, 2.24) is 9.55 Å². The Bertz CT molecular complexity index is 1010. The Kier molecular flexibility index (Phi) is 4.61. The predicted octanol–water partition coefficient (Wildman–Crippen LogP) is 4.28. The normalized spacial score (nSPS) is 13.9. The van der Waals surface area contributed by atoms with E-state index >= 15 is 0 Å². The van der Waals surface area contributed by atoms with Crippen LogP contribution < -0.4 is 14.8 Å². The predicted molar refractivity (Wildman–Crippen MR) is 97.5 cm³/mol. The number of anilines is 1. The Balaban J connectivity index is 1.52. The molecule has 0 fully saturated rings. The van der Waals surface area contributed by atoms with Crippen molar-refractivity contribution in [2.45, 2.75) is 23.9 Å². The van der Waals surface area contributed by atoms with Crippen LogP contribution in [-0.2, 0) is 4.79 Å². The van der Waals surface area contributed by atoms with Crippen molar-refractivity contribution in [1.29, 1.82) is 0 Å². The lowest BCUT2D eigenvalue weighted by atomic mass is 10.2. The number of rotatable bonds is 5. The third-order valence-electron chi connectivity index (χ3n) is 4.05. The Hall–Kier alpha value is -2.81. The van der Waals surface area contributed by atoms with Gasteiger partial charge >= 0.3 is 6.55 Å². The van der Waals surface area contributed by atoms with Gasteiger partial charge in [-0.1, -0.05) is 23.9 Å². The van der Waals surface area contributed by atoms with Gasteiger partial charge in [0.2, 0.25) is 12.7 Å². The smallest absolute Gasteiger partial charge is 0.321 e. The first-order chi connectivity index (χ1) is 13.0. The molecule has 0 radical (unpaired) electrons. The molecule has 0 aliphatic carbocycles. The van der Waals surface area contributed by atoms with Crippen LogP contribution in [0.25, 0.3) is 11.0 Å². The molecule has 1 N–H and O–H groups in total. The van der Waals surface area contributed by atoms with E-state index in [1.54, 1.807) is 49.4 Å². The Labute approximate surface area is 157 Å². The van der Waals surface area contributed by atoms with Gasteiger partial charge < -0.3 is 14.8 Å². The minimum absolute atomic E-state index is 0.0968. The number of alkyl halides is 2. The molecular formula is C18H15F2N3O3S.